The smallest absolute Gasteiger partial charge is 0.254 e. The molecule has 0 atom stereocenters. The van der Waals surface area contributed by atoms with Gasteiger partial charge < -0.3 is 14.8 Å². The summed E-state index contributed by atoms with van der Waals surface area (Å²) in [5, 5.41) is 3.89. The van der Waals surface area contributed by atoms with E-state index in [-0.39, 0.29) is 11.3 Å². The summed E-state index contributed by atoms with van der Waals surface area (Å²) in [5.74, 6) is 0.721. The van der Waals surface area contributed by atoms with Gasteiger partial charge in [-0.1, -0.05) is 42.1 Å². The second kappa shape index (κ2) is 9.98. The van der Waals surface area contributed by atoms with Crippen molar-refractivity contribution in [1.29, 1.82) is 0 Å². The molecule has 0 bridgehead atoms. The Balaban J connectivity index is 1.52. The van der Waals surface area contributed by atoms with Crippen molar-refractivity contribution in [1.82, 2.24) is 10.3 Å². The van der Waals surface area contributed by atoms with Gasteiger partial charge in [0.25, 0.3) is 5.91 Å². The number of pyridine rings is 1. The van der Waals surface area contributed by atoms with E-state index in [1.807, 2.05) is 48.5 Å². The van der Waals surface area contributed by atoms with E-state index >= 15 is 0 Å². The van der Waals surface area contributed by atoms with Gasteiger partial charge in [-0.15, -0.1) is 0 Å². The minimum Gasteiger partial charge on any atom is -0.497 e. The first kappa shape index (κ1) is 21.4. The molecule has 0 unspecified atom stereocenters. The average molecular weight is 435 g/mol. The molecule has 2 heterocycles. The molecule has 0 spiro atoms. The molecule has 3 aromatic rings. The summed E-state index contributed by atoms with van der Waals surface area (Å²) in [4.78, 5) is 18.7. The van der Waals surface area contributed by atoms with Crippen LogP contribution in [0.4, 0.5) is 0 Å². The van der Waals surface area contributed by atoms with E-state index in [9.17, 15) is 4.79 Å². The quantitative estimate of drug-likeness (QED) is 0.583. The maximum absolute atomic E-state index is 13.2. The minimum atomic E-state index is -0.158. The number of benzene rings is 2. The summed E-state index contributed by atoms with van der Waals surface area (Å²) in [6, 6.07) is 21.7. The van der Waals surface area contributed by atoms with Crippen LogP contribution in [0.2, 0.25) is 0 Å². The molecule has 4 rings (SSSR count). The number of hydrogen-bond acceptors (Lipinski definition) is 5. The molecule has 1 aliphatic rings. The summed E-state index contributed by atoms with van der Waals surface area (Å²) >= 11 is 1.50. The van der Waals surface area contributed by atoms with E-state index in [0.717, 1.165) is 23.5 Å². The lowest BCUT2D eigenvalue weighted by atomic mass is 9.74. The molecule has 1 amide bonds. The zero-order chi connectivity index (χ0) is 21.5. The number of nitrogens with one attached hydrogen (secondary N) is 1. The van der Waals surface area contributed by atoms with Gasteiger partial charge in [-0.05, 0) is 54.8 Å². The molecule has 1 aromatic heterocycles. The summed E-state index contributed by atoms with van der Waals surface area (Å²) in [6.45, 7) is 1.92. The highest BCUT2D eigenvalue weighted by atomic mass is 32.2. The molecule has 5 nitrogen and oxygen atoms in total. The lowest BCUT2D eigenvalue weighted by Gasteiger charge is -2.38. The van der Waals surface area contributed by atoms with Gasteiger partial charge in [0.05, 0.1) is 12.7 Å². The van der Waals surface area contributed by atoms with Gasteiger partial charge in [-0.25, -0.2) is 4.98 Å². The number of rotatable bonds is 7. The van der Waals surface area contributed by atoms with Crippen LogP contribution in [0.25, 0.3) is 0 Å². The first-order chi connectivity index (χ1) is 15.2. The molecular weight excluding hydrogens is 408 g/mol. The largest absolute Gasteiger partial charge is 0.497 e. The van der Waals surface area contributed by atoms with Crippen LogP contribution in [0.15, 0.2) is 82.8 Å². The summed E-state index contributed by atoms with van der Waals surface area (Å²) in [7, 11) is 1.67. The van der Waals surface area contributed by atoms with Gasteiger partial charge in [0.2, 0.25) is 0 Å². The van der Waals surface area contributed by atoms with Gasteiger partial charge in [0.1, 0.15) is 10.8 Å². The fraction of sp³-hybridized carbons (Fsp3) is 0.280. The molecule has 31 heavy (non-hydrogen) atoms. The van der Waals surface area contributed by atoms with Gasteiger partial charge >= 0.3 is 0 Å². The Bertz CT molecular complexity index is 1000. The fourth-order valence-electron chi connectivity index (χ4n) is 3.86. The number of hydrogen-bond donors (Lipinski definition) is 1. The first-order valence-electron chi connectivity index (χ1n) is 10.4. The van der Waals surface area contributed by atoms with Crippen LogP contribution in [0.3, 0.4) is 0 Å². The normalized spacial score (nSPS) is 15.3. The van der Waals surface area contributed by atoms with Crippen molar-refractivity contribution in [3.63, 3.8) is 0 Å². The molecule has 0 saturated carbocycles. The maximum Gasteiger partial charge on any atom is 0.254 e. The minimum absolute atomic E-state index is 0.106. The van der Waals surface area contributed by atoms with Crippen molar-refractivity contribution in [2.45, 2.75) is 28.2 Å². The zero-order valence-corrected chi connectivity index (χ0v) is 18.4. The maximum atomic E-state index is 13.2. The molecule has 1 aliphatic heterocycles. The molecule has 1 fully saturated rings. The Morgan fingerprint density at radius 3 is 2.52 bits per heavy atom. The Labute approximate surface area is 187 Å². The highest BCUT2D eigenvalue weighted by molar-refractivity contribution is 7.99. The predicted molar refractivity (Wildman–Crippen MR) is 122 cm³/mol. The summed E-state index contributed by atoms with van der Waals surface area (Å²) in [5.41, 5.74) is 1.63. The topological polar surface area (TPSA) is 60.5 Å². The number of aromatic nitrogens is 1. The number of ether oxygens (including phenoxy) is 2. The molecule has 0 radical (unpaired) electrons. The van der Waals surface area contributed by atoms with E-state index in [4.69, 9.17) is 9.47 Å². The highest BCUT2D eigenvalue weighted by Crippen LogP contribution is 2.35. The molecule has 160 valence electrons. The number of methoxy groups -OCH3 is 1. The van der Waals surface area contributed by atoms with Crippen molar-refractivity contribution in [2.75, 3.05) is 26.9 Å². The molecule has 0 aliphatic carbocycles. The van der Waals surface area contributed by atoms with Crippen molar-refractivity contribution >= 4 is 17.7 Å². The number of amides is 1. The van der Waals surface area contributed by atoms with Crippen LogP contribution in [-0.4, -0.2) is 37.8 Å². The Kier molecular flexibility index (Phi) is 6.89. The third-order valence-electron chi connectivity index (χ3n) is 5.71. The van der Waals surface area contributed by atoms with Crippen LogP contribution in [-0.2, 0) is 10.2 Å². The monoisotopic (exact) mass is 434 g/mol. The van der Waals surface area contributed by atoms with E-state index in [0.29, 0.717) is 30.3 Å². The van der Waals surface area contributed by atoms with Gasteiger partial charge in [0.15, 0.2) is 0 Å². The summed E-state index contributed by atoms with van der Waals surface area (Å²) < 4.78 is 10.9. The van der Waals surface area contributed by atoms with Crippen LogP contribution >= 0.6 is 11.8 Å². The number of carbonyl (C=O) groups is 1. The van der Waals surface area contributed by atoms with Crippen molar-refractivity contribution in [3.8, 4) is 5.75 Å². The molecule has 1 N–H and O–H groups in total. The Hall–Kier alpha value is -2.83. The van der Waals surface area contributed by atoms with E-state index in [1.54, 1.807) is 19.4 Å². The lowest BCUT2D eigenvalue weighted by Crippen LogP contribution is -2.44. The summed E-state index contributed by atoms with van der Waals surface area (Å²) in [6.07, 6.45) is 3.44. The molecule has 1 saturated heterocycles. The van der Waals surface area contributed by atoms with Gasteiger partial charge in [-0.3, -0.25) is 4.79 Å². The van der Waals surface area contributed by atoms with Crippen molar-refractivity contribution in [2.24, 2.45) is 0 Å². The number of nitrogens with zero attached hydrogens (tertiary/aromatic N) is 1. The van der Waals surface area contributed by atoms with Crippen LogP contribution < -0.4 is 10.1 Å². The van der Waals surface area contributed by atoms with E-state index in [2.05, 4.69) is 22.4 Å². The van der Waals surface area contributed by atoms with E-state index in [1.165, 1.54) is 17.3 Å². The standard InChI is InChI=1S/C25H26N2O3S/c1-29-20-11-9-19(10-12-20)25(13-16-30-17-14-25)18-27-23(28)22-8-5-15-26-24(22)31-21-6-3-2-4-7-21/h2-12,15H,13-14,16-18H2,1H3,(H,27,28). The lowest BCUT2D eigenvalue weighted by molar-refractivity contribution is 0.0486. The van der Waals surface area contributed by atoms with Crippen molar-refractivity contribution < 1.29 is 14.3 Å². The fourth-order valence-corrected chi connectivity index (χ4v) is 4.76. The second-order valence-electron chi connectivity index (χ2n) is 7.58. The van der Waals surface area contributed by atoms with Crippen molar-refractivity contribution in [3.05, 3.63) is 84.1 Å². The van der Waals surface area contributed by atoms with Crippen LogP contribution in [0.5, 0.6) is 5.75 Å². The second-order valence-corrected chi connectivity index (χ2v) is 8.64. The predicted octanol–water partition coefficient (Wildman–Crippen LogP) is 4.72. The van der Waals surface area contributed by atoms with Crippen LogP contribution in [0, 0.1) is 0 Å². The van der Waals surface area contributed by atoms with Gasteiger partial charge in [-0.2, -0.15) is 0 Å². The van der Waals surface area contributed by atoms with Crippen LogP contribution in [0.1, 0.15) is 28.8 Å². The Morgan fingerprint density at radius 2 is 1.81 bits per heavy atom. The molecular formula is C25H26N2O3S. The molecule has 2 aromatic carbocycles. The SMILES string of the molecule is COc1ccc(C2(CNC(=O)c3cccnc3Sc3ccccc3)CCOCC2)cc1. The number of carbonyl (C=O) groups excluding carboxylic acids is 1. The van der Waals surface area contributed by atoms with Gasteiger partial charge in [0, 0.05) is 36.3 Å². The van der Waals surface area contributed by atoms with E-state index < -0.39 is 0 Å². The average Bonchev–Trinajstić information content (AvgIpc) is 2.84. The molecule has 6 heteroatoms. The third-order valence-corrected chi connectivity index (χ3v) is 6.74. The first-order valence-corrected chi connectivity index (χ1v) is 11.2. The third kappa shape index (κ3) is 5.09. The highest BCUT2D eigenvalue weighted by Gasteiger charge is 2.35. The Morgan fingerprint density at radius 1 is 1.06 bits per heavy atom. The zero-order valence-electron chi connectivity index (χ0n) is 17.5.